The highest BCUT2D eigenvalue weighted by atomic mass is 32.1. The van der Waals surface area contributed by atoms with Crippen LogP contribution >= 0.6 is 11.3 Å². The number of aryl methyl sites for hydroxylation is 1. The van der Waals surface area contributed by atoms with Gasteiger partial charge in [-0.1, -0.05) is 6.07 Å². The van der Waals surface area contributed by atoms with Crippen molar-refractivity contribution in [2.75, 3.05) is 5.32 Å². The van der Waals surface area contributed by atoms with Crippen LogP contribution in [0.15, 0.2) is 36.7 Å². The van der Waals surface area contributed by atoms with E-state index in [0.29, 0.717) is 30.0 Å². The number of alkyl halides is 3. The number of nitrogens with zero attached hydrogens (tertiary/aromatic N) is 3. The van der Waals surface area contributed by atoms with Crippen molar-refractivity contribution in [3.8, 4) is 10.4 Å². The summed E-state index contributed by atoms with van der Waals surface area (Å²) in [5.74, 6) is -0.142. The van der Waals surface area contributed by atoms with E-state index in [1.165, 1.54) is 11.3 Å². The van der Waals surface area contributed by atoms with Crippen molar-refractivity contribution in [1.29, 1.82) is 0 Å². The fourth-order valence-electron chi connectivity index (χ4n) is 4.65. The largest absolute Gasteiger partial charge is 0.433 e. The van der Waals surface area contributed by atoms with E-state index < -0.39 is 17.5 Å². The molecule has 0 saturated heterocycles. The molecule has 2 aliphatic rings. The average Bonchev–Trinajstić information content (AvgIpc) is 3.32. The molecule has 6 nitrogen and oxygen atoms in total. The van der Waals surface area contributed by atoms with Gasteiger partial charge in [0.1, 0.15) is 16.3 Å². The molecule has 1 spiro atoms. The lowest BCUT2D eigenvalue weighted by Crippen LogP contribution is -2.40. The third-order valence-electron chi connectivity index (χ3n) is 6.54. The minimum absolute atomic E-state index is 0.142. The number of benzene rings is 1. The standard InChI is InChI=1S/C23H23F3N4O2S/c1-13-8-14(10-15(9-13)29-20-27-7-3-17(30-20)23(24,25)26)16-11-28-19(33-16)22(32)4-2-18(31)21(12-22)5-6-21/h3,7-11,18,31-32H,2,4-6,12H2,1H3,(H,27,29,30). The Labute approximate surface area is 192 Å². The molecule has 1 aromatic carbocycles. The van der Waals surface area contributed by atoms with Crippen LogP contribution in [0.25, 0.3) is 10.4 Å². The fraction of sp³-hybridized carbons (Fsp3) is 0.435. The maximum absolute atomic E-state index is 13.0. The minimum atomic E-state index is -4.55. The maximum atomic E-state index is 13.0. The number of hydrogen-bond acceptors (Lipinski definition) is 7. The van der Waals surface area contributed by atoms with Crippen molar-refractivity contribution in [2.24, 2.45) is 5.41 Å². The minimum Gasteiger partial charge on any atom is -0.393 e. The highest BCUT2D eigenvalue weighted by Crippen LogP contribution is 2.61. The van der Waals surface area contributed by atoms with Gasteiger partial charge in [0.25, 0.3) is 0 Å². The Morgan fingerprint density at radius 1 is 1.15 bits per heavy atom. The summed E-state index contributed by atoms with van der Waals surface area (Å²) in [6.07, 6.45) is 1.27. The van der Waals surface area contributed by atoms with Crippen LogP contribution in [0, 0.1) is 12.3 Å². The van der Waals surface area contributed by atoms with Crippen LogP contribution in [0.5, 0.6) is 0 Å². The van der Waals surface area contributed by atoms with Gasteiger partial charge in [-0.3, -0.25) is 0 Å². The number of aliphatic hydroxyl groups excluding tert-OH is 1. The van der Waals surface area contributed by atoms with E-state index in [1.807, 2.05) is 13.0 Å². The Kier molecular flexibility index (Phi) is 5.22. The summed E-state index contributed by atoms with van der Waals surface area (Å²) in [4.78, 5) is 12.8. The number of halogens is 3. The number of thiazole rings is 1. The molecule has 2 fully saturated rings. The van der Waals surface area contributed by atoms with Crippen molar-refractivity contribution >= 4 is 23.0 Å². The van der Waals surface area contributed by atoms with E-state index in [4.69, 9.17) is 0 Å². The zero-order chi connectivity index (χ0) is 23.4. The average molecular weight is 477 g/mol. The van der Waals surface area contributed by atoms with Gasteiger partial charge in [0, 0.05) is 18.1 Å². The maximum Gasteiger partial charge on any atom is 0.433 e. The summed E-state index contributed by atoms with van der Waals surface area (Å²) < 4.78 is 38.9. The van der Waals surface area contributed by atoms with Crippen LogP contribution < -0.4 is 5.32 Å². The fourth-order valence-corrected chi connectivity index (χ4v) is 5.67. The molecule has 0 amide bonds. The molecule has 0 bridgehead atoms. The molecule has 174 valence electrons. The zero-order valence-corrected chi connectivity index (χ0v) is 18.7. The molecular formula is C23H23F3N4O2S. The van der Waals surface area contributed by atoms with Gasteiger partial charge in [-0.2, -0.15) is 13.2 Å². The van der Waals surface area contributed by atoms with Crippen LogP contribution in [0.3, 0.4) is 0 Å². The number of aromatic nitrogens is 3. The van der Waals surface area contributed by atoms with Crippen LogP contribution in [0.4, 0.5) is 24.8 Å². The summed E-state index contributed by atoms with van der Waals surface area (Å²) in [5.41, 5.74) is 0.0386. The zero-order valence-electron chi connectivity index (χ0n) is 17.9. The van der Waals surface area contributed by atoms with E-state index in [-0.39, 0.29) is 17.5 Å². The first-order valence-electron chi connectivity index (χ1n) is 10.7. The van der Waals surface area contributed by atoms with E-state index in [2.05, 4.69) is 20.3 Å². The lowest BCUT2D eigenvalue weighted by molar-refractivity contribution is -0.141. The monoisotopic (exact) mass is 476 g/mol. The molecule has 5 rings (SSSR count). The number of anilines is 2. The molecule has 2 unspecified atom stereocenters. The van der Waals surface area contributed by atoms with Gasteiger partial charge in [0.15, 0.2) is 0 Å². The second kappa shape index (κ2) is 7.75. The summed E-state index contributed by atoms with van der Waals surface area (Å²) in [5, 5.41) is 25.1. The molecule has 2 aromatic heterocycles. The molecule has 2 atom stereocenters. The summed E-state index contributed by atoms with van der Waals surface area (Å²) in [6, 6.07) is 6.37. The second-order valence-electron chi connectivity index (χ2n) is 9.13. The first kappa shape index (κ1) is 22.2. The van der Waals surface area contributed by atoms with Gasteiger partial charge < -0.3 is 15.5 Å². The quantitative estimate of drug-likeness (QED) is 0.481. The molecule has 3 aromatic rings. The van der Waals surface area contributed by atoms with Gasteiger partial charge in [0.05, 0.1) is 11.0 Å². The summed E-state index contributed by atoms with van der Waals surface area (Å²) in [7, 11) is 0. The topological polar surface area (TPSA) is 91.2 Å². The Hall–Kier alpha value is -2.56. The lowest BCUT2D eigenvalue weighted by atomic mass is 9.74. The van der Waals surface area contributed by atoms with E-state index in [9.17, 15) is 23.4 Å². The Balaban J connectivity index is 1.40. The molecular weight excluding hydrogens is 453 g/mol. The van der Waals surface area contributed by atoms with Crippen molar-refractivity contribution in [1.82, 2.24) is 15.0 Å². The molecule has 2 aliphatic carbocycles. The third-order valence-corrected chi connectivity index (χ3v) is 7.78. The first-order chi connectivity index (χ1) is 15.6. The lowest BCUT2D eigenvalue weighted by Gasteiger charge is -2.38. The number of nitrogens with one attached hydrogen (secondary N) is 1. The van der Waals surface area contributed by atoms with Gasteiger partial charge in [-0.25, -0.2) is 15.0 Å². The van der Waals surface area contributed by atoms with Crippen molar-refractivity contribution in [2.45, 2.75) is 56.9 Å². The number of aliphatic hydroxyl groups is 2. The van der Waals surface area contributed by atoms with Crippen molar-refractivity contribution in [3.63, 3.8) is 0 Å². The summed E-state index contributed by atoms with van der Waals surface area (Å²) in [6.45, 7) is 1.89. The molecule has 0 radical (unpaired) electrons. The molecule has 10 heteroatoms. The van der Waals surface area contributed by atoms with Gasteiger partial charge in [-0.05, 0) is 73.8 Å². The molecule has 2 heterocycles. The highest BCUT2D eigenvalue weighted by Gasteiger charge is 2.57. The van der Waals surface area contributed by atoms with E-state index >= 15 is 0 Å². The van der Waals surface area contributed by atoms with Crippen LogP contribution in [0.1, 0.15) is 48.4 Å². The predicted octanol–water partition coefficient (Wildman–Crippen LogP) is 5.18. The molecule has 0 aliphatic heterocycles. The SMILES string of the molecule is Cc1cc(Nc2nccc(C(F)(F)F)n2)cc(-c2cnc(C3(O)CCC(O)C4(CC4)C3)s2)c1. The second-order valence-corrected chi connectivity index (χ2v) is 10.2. The Morgan fingerprint density at radius 3 is 2.67 bits per heavy atom. The molecule has 2 saturated carbocycles. The predicted molar refractivity (Wildman–Crippen MR) is 118 cm³/mol. The van der Waals surface area contributed by atoms with Gasteiger partial charge >= 0.3 is 6.18 Å². The van der Waals surface area contributed by atoms with Crippen LogP contribution in [-0.4, -0.2) is 31.3 Å². The smallest absolute Gasteiger partial charge is 0.393 e. The normalized spacial score (nSPS) is 24.1. The first-order valence-corrected chi connectivity index (χ1v) is 11.5. The number of hydrogen-bond donors (Lipinski definition) is 3. The van der Waals surface area contributed by atoms with Crippen molar-refractivity contribution in [3.05, 3.63) is 52.9 Å². The van der Waals surface area contributed by atoms with Crippen molar-refractivity contribution < 1.29 is 23.4 Å². The number of rotatable bonds is 4. The van der Waals surface area contributed by atoms with E-state index in [1.54, 1.807) is 18.3 Å². The Bertz CT molecular complexity index is 1190. The highest BCUT2D eigenvalue weighted by molar-refractivity contribution is 7.15. The summed E-state index contributed by atoms with van der Waals surface area (Å²) >= 11 is 1.40. The van der Waals surface area contributed by atoms with E-state index in [0.717, 1.165) is 41.1 Å². The van der Waals surface area contributed by atoms with Gasteiger partial charge in [-0.15, -0.1) is 11.3 Å². The van der Waals surface area contributed by atoms with Crippen LogP contribution in [-0.2, 0) is 11.8 Å². The van der Waals surface area contributed by atoms with Crippen LogP contribution in [0.2, 0.25) is 0 Å². The third kappa shape index (κ3) is 4.34. The van der Waals surface area contributed by atoms with Gasteiger partial charge in [0.2, 0.25) is 5.95 Å². The Morgan fingerprint density at radius 2 is 1.94 bits per heavy atom. The molecule has 3 N–H and O–H groups in total. The molecule has 33 heavy (non-hydrogen) atoms.